The van der Waals surface area contributed by atoms with Crippen molar-refractivity contribution >= 4 is 11.8 Å². The molecule has 1 N–H and O–H groups in total. The van der Waals surface area contributed by atoms with Crippen LogP contribution in [-0.4, -0.2) is 67.8 Å². The predicted molar refractivity (Wildman–Crippen MR) is 140 cm³/mol. The molecule has 1 fully saturated rings. The Morgan fingerprint density at radius 3 is 2.63 bits per heavy atom. The summed E-state index contributed by atoms with van der Waals surface area (Å²) in [5.41, 5.74) is 4.80. The van der Waals surface area contributed by atoms with E-state index in [-0.39, 0.29) is 29.6 Å². The molecule has 5 rings (SSSR count). The lowest BCUT2D eigenvalue weighted by molar-refractivity contribution is -0.119. The Balaban J connectivity index is 1.24. The summed E-state index contributed by atoms with van der Waals surface area (Å²) >= 11 is 0. The number of carbonyl (C=O) groups excluding carboxylic acids is 2. The highest BCUT2D eigenvalue weighted by Gasteiger charge is 2.37. The predicted octanol–water partition coefficient (Wildman–Crippen LogP) is 3.27. The standard InChI is InChI=1S/C28H32FN7O2/c1-17-8-9-26(32-31-17)36-19(3)27(18(2)33-36)28(38)35-15-22-13-34(14-23(22)16-35)11-10-25(30-20(4)37)21-6-5-7-24(29)12-21/h5-9,12,15,23,25H,10-11,13-14,16H2,1-4H3,(H,30,37)/t23?,25-/m0/s1. The molecule has 2 amide bonds. The van der Waals surface area contributed by atoms with E-state index in [1.807, 2.05) is 45.2 Å². The Kier molecular flexibility index (Phi) is 7.07. The summed E-state index contributed by atoms with van der Waals surface area (Å²) in [5, 5.41) is 15.8. The summed E-state index contributed by atoms with van der Waals surface area (Å²) in [5.74, 6) is 0.338. The van der Waals surface area contributed by atoms with Crippen LogP contribution in [0.2, 0.25) is 0 Å². The molecule has 1 aromatic carbocycles. The first kappa shape index (κ1) is 25.7. The van der Waals surface area contributed by atoms with Gasteiger partial charge in [0, 0.05) is 45.2 Å². The number of nitrogens with one attached hydrogen (secondary N) is 1. The van der Waals surface area contributed by atoms with Crippen LogP contribution in [0.1, 0.15) is 52.4 Å². The second kappa shape index (κ2) is 10.4. The monoisotopic (exact) mass is 517 g/mol. The van der Waals surface area contributed by atoms with E-state index < -0.39 is 0 Å². The van der Waals surface area contributed by atoms with Crippen molar-refractivity contribution in [2.75, 3.05) is 26.2 Å². The van der Waals surface area contributed by atoms with Crippen molar-refractivity contribution in [2.24, 2.45) is 5.92 Å². The van der Waals surface area contributed by atoms with Crippen molar-refractivity contribution in [1.82, 2.24) is 35.1 Å². The van der Waals surface area contributed by atoms with Crippen molar-refractivity contribution < 1.29 is 14.0 Å². The fraction of sp³-hybridized carbons (Fsp3) is 0.393. The smallest absolute Gasteiger partial charge is 0.261 e. The third kappa shape index (κ3) is 5.22. The van der Waals surface area contributed by atoms with Gasteiger partial charge in [0.2, 0.25) is 5.91 Å². The van der Waals surface area contributed by atoms with Gasteiger partial charge in [-0.15, -0.1) is 5.10 Å². The molecule has 38 heavy (non-hydrogen) atoms. The van der Waals surface area contributed by atoms with Crippen LogP contribution in [-0.2, 0) is 4.79 Å². The third-order valence-electron chi connectivity index (χ3n) is 7.28. The molecule has 2 aliphatic heterocycles. The van der Waals surface area contributed by atoms with E-state index in [0.717, 1.165) is 36.6 Å². The molecule has 198 valence electrons. The Bertz CT molecular complexity index is 1400. The lowest BCUT2D eigenvalue weighted by atomic mass is 10.0. The lowest BCUT2D eigenvalue weighted by Crippen LogP contribution is -2.33. The van der Waals surface area contributed by atoms with Gasteiger partial charge in [-0.2, -0.15) is 10.2 Å². The second-order valence-corrected chi connectivity index (χ2v) is 10.2. The fourth-order valence-electron chi connectivity index (χ4n) is 5.43. The molecule has 2 aliphatic rings. The summed E-state index contributed by atoms with van der Waals surface area (Å²) in [4.78, 5) is 29.4. The number of benzene rings is 1. The summed E-state index contributed by atoms with van der Waals surface area (Å²) in [6, 6.07) is 9.84. The Hall–Kier alpha value is -3.92. The molecule has 0 saturated carbocycles. The van der Waals surface area contributed by atoms with Gasteiger partial charge in [-0.3, -0.25) is 14.5 Å². The van der Waals surface area contributed by atoms with Crippen LogP contribution in [0.15, 0.2) is 48.2 Å². The van der Waals surface area contributed by atoms with E-state index >= 15 is 0 Å². The molecule has 0 bridgehead atoms. The number of hydrogen-bond acceptors (Lipinski definition) is 6. The number of likely N-dealkylation sites (tertiary alicyclic amines) is 1. The molecule has 1 saturated heterocycles. The number of aryl methyl sites for hydroxylation is 2. The molecule has 2 aromatic heterocycles. The molecule has 10 heteroatoms. The van der Waals surface area contributed by atoms with E-state index in [0.29, 0.717) is 30.0 Å². The van der Waals surface area contributed by atoms with E-state index in [1.165, 1.54) is 24.6 Å². The van der Waals surface area contributed by atoms with Gasteiger partial charge < -0.3 is 10.2 Å². The largest absolute Gasteiger partial charge is 0.349 e. The summed E-state index contributed by atoms with van der Waals surface area (Å²) in [6.45, 7) is 10.0. The summed E-state index contributed by atoms with van der Waals surface area (Å²) in [6.07, 6.45) is 2.65. The minimum absolute atomic E-state index is 0.0587. The number of rotatable bonds is 7. The number of aromatic nitrogens is 4. The van der Waals surface area contributed by atoms with E-state index in [9.17, 15) is 14.0 Å². The quantitative estimate of drug-likeness (QED) is 0.517. The highest BCUT2D eigenvalue weighted by atomic mass is 19.1. The van der Waals surface area contributed by atoms with Gasteiger partial charge in [-0.25, -0.2) is 9.07 Å². The molecule has 9 nitrogen and oxygen atoms in total. The normalized spacial score (nSPS) is 17.9. The van der Waals surface area contributed by atoms with Crippen LogP contribution in [0, 0.1) is 32.5 Å². The minimum Gasteiger partial charge on any atom is -0.349 e. The molecule has 2 atom stereocenters. The van der Waals surface area contributed by atoms with Gasteiger partial charge in [-0.05, 0) is 62.6 Å². The number of carbonyl (C=O) groups is 2. The maximum atomic E-state index is 13.8. The van der Waals surface area contributed by atoms with Crippen molar-refractivity contribution in [3.05, 3.63) is 82.2 Å². The zero-order valence-corrected chi connectivity index (χ0v) is 22.1. The lowest BCUT2D eigenvalue weighted by Gasteiger charge is -2.23. The number of nitrogens with zero attached hydrogens (tertiary/aromatic N) is 6. The Morgan fingerprint density at radius 1 is 1.13 bits per heavy atom. The first-order chi connectivity index (χ1) is 18.2. The molecule has 0 radical (unpaired) electrons. The molecule has 0 spiro atoms. The average Bonchev–Trinajstić information content (AvgIpc) is 3.53. The molecule has 4 heterocycles. The van der Waals surface area contributed by atoms with Crippen molar-refractivity contribution in [3.8, 4) is 5.82 Å². The van der Waals surface area contributed by atoms with Crippen LogP contribution >= 0.6 is 0 Å². The highest BCUT2D eigenvalue weighted by Crippen LogP contribution is 2.32. The highest BCUT2D eigenvalue weighted by molar-refractivity contribution is 5.97. The number of fused-ring (bicyclic) bond motifs is 1. The molecular formula is C28H32FN7O2. The van der Waals surface area contributed by atoms with Gasteiger partial charge in [0.15, 0.2) is 5.82 Å². The van der Waals surface area contributed by atoms with E-state index in [2.05, 4.69) is 25.5 Å². The van der Waals surface area contributed by atoms with Crippen LogP contribution in [0.3, 0.4) is 0 Å². The average molecular weight is 518 g/mol. The fourth-order valence-corrected chi connectivity index (χ4v) is 5.43. The SMILES string of the molecule is CC(=O)N[C@@H](CCN1CC2=CN(C(=O)c3c(C)nn(-c4ccc(C)nn4)c3C)CC2C1)c1cccc(F)c1. The number of amides is 2. The minimum atomic E-state index is -0.314. The van der Waals surface area contributed by atoms with Gasteiger partial charge in [-0.1, -0.05) is 12.1 Å². The van der Waals surface area contributed by atoms with Crippen LogP contribution in [0.4, 0.5) is 4.39 Å². The zero-order chi connectivity index (χ0) is 27.0. The van der Waals surface area contributed by atoms with Crippen molar-refractivity contribution in [3.63, 3.8) is 0 Å². The first-order valence-corrected chi connectivity index (χ1v) is 12.8. The first-order valence-electron chi connectivity index (χ1n) is 12.8. The maximum Gasteiger partial charge on any atom is 0.261 e. The third-order valence-corrected chi connectivity index (χ3v) is 7.28. The number of hydrogen-bond donors (Lipinski definition) is 1. The van der Waals surface area contributed by atoms with Crippen molar-refractivity contribution in [2.45, 2.75) is 40.2 Å². The maximum absolute atomic E-state index is 13.8. The van der Waals surface area contributed by atoms with Crippen molar-refractivity contribution in [1.29, 1.82) is 0 Å². The molecule has 0 aliphatic carbocycles. The van der Waals surface area contributed by atoms with E-state index in [4.69, 9.17) is 0 Å². The molecule has 3 aromatic rings. The van der Waals surface area contributed by atoms with Gasteiger partial charge in [0.05, 0.1) is 28.7 Å². The topological polar surface area (TPSA) is 96.2 Å². The zero-order valence-electron chi connectivity index (χ0n) is 22.1. The Morgan fingerprint density at radius 2 is 1.95 bits per heavy atom. The Labute approximate surface area is 221 Å². The number of halogens is 1. The second-order valence-electron chi connectivity index (χ2n) is 10.2. The van der Waals surface area contributed by atoms with E-state index in [1.54, 1.807) is 15.6 Å². The van der Waals surface area contributed by atoms with Gasteiger partial charge >= 0.3 is 0 Å². The molecular weight excluding hydrogens is 485 g/mol. The van der Waals surface area contributed by atoms with Crippen LogP contribution < -0.4 is 5.32 Å². The van der Waals surface area contributed by atoms with Gasteiger partial charge in [0.1, 0.15) is 5.82 Å². The summed E-state index contributed by atoms with van der Waals surface area (Å²) in [7, 11) is 0. The molecule has 1 unspecified atom stereocenters. The van der Waals surface area contributed by atoms with Crippen LogP contribution in [0.25, 0.3) is 5.82 Å². The summed E-state index contributed by atoms with van der Waals surface area (Å²) < 4.78 is 15.4. The van der Waals surface area contributed by atoms with Gasteiger partial charge in [0.25, 0.3) is 5.91 Å². The van der Waals surface area contributed by atoms with Crippen LogP contribution in [0.5, 0.6) is 0 Å².